The van der Waals surface area contributed by atoms with Crippen LogP contribution in [-0.2, 0) is 0 Å². The van der Waals surface area contributed by atoms with Crippen LogP contribution in [-0.4, -0.2) is 39.8 Å². The van der Waals surface area contributed by atoms with Gasteiger partial charge < -0.3 is 10.0 Å². The summed E-state index contributed by atoms with van der Waals surface area (Å²) in [6.07, 6.45) is 14.8. The van der Waals surface area contributed by atoms with Crippen LogP contribution >= 0.6 is 0 Å². The Hall–Kier alpha value is -3.31. The van der Waals surface area contributed by atoms with E-state index in [1.165, 1.54) is 5.57 Å². The number of aliphatic hydroxyl groups is 1. The quantitative estimate of drug-likeness (QED) is 0.712. The van der Waals surface area contributed by atoms with Crippen LogP contribution in [0.3, 0.4) is 0 Å². The second-order valence-electron chi connectivity index (χ2n) is 6.61. The van der Waals surface area contributed by atoms with Gasteiger partial charge in [-0.3, -0.25) is 4.98 Å². The minimum absolute atomic E-state index is 0.0574. The molecule has 28 heavy (non-hydrogen) atoms. The van der Waals surface area contributed by atoms with E-state index in [1.807, 2.05) is 42.5 Å². The molecule has 4 rings (SSSR count). The highest BCUT2D eigenvalue weighted by Crippen LogP contribution is 2.28. The van der Waals surface area contributed by atoms with Crippen molar-refractivity contribution in [3.63, 3.8) is 0 Å². The summed E-state index contributed by atoms with van der Waals surface area (Å²) in [6.45, 7) is 1.26. The van der Waals surface area contributed by atoms with E-state index in [-0.39, 0.29) is 6.61 Å². The molecule has 0 aliphatic heterocycles. The normalized spacial score (nSPS) is 13.4. The van der Waals surface area contributed by atoms with Crippen molar-refractivity contribution in [2.45, 2.75) is 6.42 Å². The molecular formula is C23H22N4O. The number of pyridine rings is 1. The van der Waals surface area contributed by atoms with Crippen molar-refractivity contribution in [1.82, 2.24) is 15.0 Å². The van der Waals surface area contributed by atoms with Crippen LogP contribution < -0.4 is 4.90 Å². The number of benzene rings is 1. The lowest BCUT2D eigenvalue weighted by molar-refractivity contribution is 0.302. The van der Waals surface area contributed by atoms with Crippen LogP contribution in [0.15, 0.2) is 84.7 Å². The van der Waals surface area contributed by atoms with Crippen LogP contribution in [0.2, 0.25) is 0 Å². The topological polar surface area (TPSA) is 62.1 Å². The molecule has 0 atom stereocenters. The van der Waals surface area contributed by atoms with Gasteiger partial charge in [-0.05, 0) is 36.3 Å². The molecule has 0 bridgehead atoms. The van der Waals surface area contributed by atoms with E-state index < -0.39 is 0 Å². The van der Waals surface area contributed by atoms with Crippen molar-refractivity contribution in [2.75, 3.05) is 24.6 Å². The van der Waals surface area contributed by atoms with Gasteiger partial charge in [-0.2, -0.15) is 0 Å². The van der Waals surface area contributed by atoms with Gasteiger partial charge in [-0.15, -0.1) is 0 Å². The molecule has 2 aromatic heterocycles. The molecular weight excluding hydrogens is 348 g/mol. The van der Waals surface area contributed by atoms with Gasteiger partial charge in [0.05, 0.1) is 12.1 Å². The Morgan fingerprint density at radius 1 is 0.964 bits per heavy atom. The van der Waals surface area contributed by atoms with Crippen molar-refractivity contribution >= 4 is 16.7 Å². The molecule has 5 nitrogen and oxygen atoms in total. The van der Waals surface area contributed by atoms with Gasteiger partial charge in [-0.25, -0.2) is 9.97 Å². The van der Waals surface area contributed by atoms with Crippen molar-refractivity contribution in [2.24, 2.45) is 0 Å². The summed E-state index contributed by atoms with van der Waals surface area (Å²) in [5.41, 5.74) is 3.08. The third-order valence-electron chi connectivity index (χ3n) is 4.66. The minimum Gasteiger partial charge on any atom is -0.395 e. The number of fused-ring (bicyclic) bond motifs is 1. The van der Waals surface area contributed by atoms with Crippen LogP contribution in [0.25, 0.3) is 22.3 Å². The predicted octanol–water partition coefficient (Wildman–Crippen LogP) is 3.93. The summed E-state index contributed by atoms with van der Waals surface area (Å²) in [4.78, 5) is 15.9. The van der Waals surface area contributed by atoms with Crippen molar-refractivity contribution < 1.29 is 5.11 Å². The van der Waals surface area contributed by atoms with Gasteiger partial charge in [0.15, 0.2) is 5.82 Å². The average molecular weight is 370 g/mol. The van der Waals surface area contributed by atoms with E-state index in [2.05, 4.69) is 34.2 Å². The van der Waals surface area contributed by atoms with Gasteiger partial charge in [0.25, 0.3) is 0 Å². The number of nitrogens with zero attached hydrogens (tertiary/aromatic N) is 4. The molecule has 140 valence electrons. The van der Waals surface area contributed by atoms with Gasteiger partial charge in [0, 0.05) is 36.4 Å². The molecule has 0 saturated heterocycles. The summed E-state index contributed by atoms with van der Waals surface area (Å²) in [6, 6.07) is 11.8. The Labute approximate surface area is 164 Å². The molecule has 3 aromatic rings. The maximum Gasteiger partial charge on any atom is 0.162 e. The molecule has 0 fully saturated rings. The third kappa shape index (κ3) is 4.00. The number of aromatic nitrogens is 3. The summed E-state index contributed by atoms with van der Waals surface area (Å²) in [5.74, 6) is 1.50. The Kier molecular flexibility index (Phi) is 5.54. The summed E-state index contributed by atoms with van der Waals surface area (Å²) < 4.78 is 0. The van der Waals surface area contributed by atoms with E-state index in [0.717, 1.165) is 28.7 Å². The standard InChI is InChI=1S/C23H22N4O/c28-16-15-27(17-18-7-3-1-2-4-8-18)23-20-9-5-6-10-21(20)25-22(26-23)19-11-13-24-14-12-19/h1-7,9-14,28H,8,15-17H2. The summed E-state index contributed by atoms with van der Waals surface area (Å²) in [5, 5.41) is 10.7. The van der Waals surface area contributed by atoms with Gasteiger partial charge >= 0.3 is 0 Å². The zero-order valence-electron chi connectivity index (χ0n) is 15.6. The number of hydrogen-bond acceptors (Lipinski definition) is 5. The number of rotatable bonds is 6. The fourth-order valence-corrected chi connectivity index (χ4v) is 3.30. The lowest BCUT2D eigenvalue weighted by Crippen LogP contribution is -2.30. The van der Waals surface area contributed by atoms with E-state index in [4.69, 9.17) is 9.97 Å². The smallest absolute Gasteiger partial charge is 0.162 e. The minimum atomic E-state index is 0.0574. The Morgan fingerprint density at radius 3 is 2.68 bits per heavy atom. The molecule has 0 spiro atoms. The molecule has 5 heteroatoms. The average Bonchev–Trinajstić information content (AvgIpc) is 3.02. The predicted molar refractivity (Wildman–Crippen MR) is 113 cm³/mol. The first kappa shape index (κ1) is 18.1. The van der Waals surface area contributed by atoms with E-state index in [1.54, 1.807) is 12.4 Å². The first-order valence-corrected chi connectivity index (χ1v) is 9.39. The van der Waals surface area contributed by atoms with Crippen LogP contribution in [0.5, 0.6) is 0 Å². The molecule has 0 unspecified atom stereocenters. The van der Waals surface area contributed by atoms with Gasteiger partial charge in [-0.1, -0.05) is 42.5 Å². The SMILES string of the molecule is OCCN(CC1=CC=CC=CC1)c1nc(-c2ccncc2)nc2ccccc12. The molecule has 1 aromatic carbocycles. The fourth-order valence-electron chi connectivity index (χ4n) is 3.30. The summed E-state index contributed by atoms with van der Waals surface area (Å²) >= 11 is 0. The Morgan fingerprint density at radius 2 is 1.82 bits per heavy atom. The lowest BCUT2D eigenvalue weighted by Gasteiger charge is -2.25. The number of anilines is 1. The van der Waals surface area contributed by atoms with E-state index in [9.17, 15) is 5.11 Å². The van der Waals surface area contributed by atoms with Crippen molar-refractivity contribution in [3.05, 3.63) is 84.7 Å². The van der Waals surface area contributed by atoms with Crippen molar-refractivity contribution in [1.29, 1.82) is 0 Å². The largest absolute Gasteiger partial charge is 0.395 e. The maximum absolute atomic E-state index is 9.70. The third-order valence-corrected chi connectivity index (χ3v) is 4.66. The second-order valence-corrected chi connectivity index (χ2v) is 6.61. The fraction of sp³-hybridized carbons (Fsp3) is 0.174. The highest BCUT2D eigenvalue weighted by molar-refractivity contribution is 5.91. The van der Waals surface area contributed by atoms with Crippen LogP contribution in [0.4, 0.5) is 5.82 Å². The van der Waals surface area contributed by atoms with Crippen LogP contribution in [0.1, 0.15) is 6.42 Å². The van der Waals surface area contributed by atoms with Gasteiger partial charge in [0.1, 0.15) is 5.82 Å². The number of allylic oxidation sites excluding steroid dienone is 5. The lowest BCUT2D eigenvalue weighted by atomic mass is 10.1. The molecule has 1 aliphatic rings. The van der Waals surface area contributed by atoms with E-state index in [0.29, 0.717) is 18.9 Å². The van der Waals surface area contributed by atoms with Crippen molar-refractivity contribution in [3.8, 4) is 11.4 Å². The zero-order valence-corrected chi connectivity index (χ0v) is 15.6. The Balaban J connectivity index is 1.80. The first-order chi connectivity index (χ1) is 13.8. The van der Waals surface area contributed by atoms with E-state index >= 15 is 0 Å². The highest BCUT2D eigenvalue weighted by atomic mass is 16.3. The second kappa shape index (κ2) is 8.59. The molecule has 1 N–H and O–H groups in total. The Bertz CT molecular complexity index is 1040. The molecule has 0 amide bonds. The summed E-state index contributed by atoms with van der Waals surface area (Å²) in [7, 11) is 0. The van der Waals surface area contributed by atoms with Crippen LogP contribution in [0, 0.1) is 0 Å². The maximum atomic E-state index is 9.70. The molecule has 0 radical (unpaired) electrons. The molecule has 0 saturated carbocycles. The monoisotopic (exact) mass is 370 g/mol. The van der Waals surface area contributed by atoms with Gasteiger partial charge in [0.2, 0.25) is 0 Å². The number of para-hydroxylation sites is 1. The molecule has 2 heterocycles. The molecule has 1 aliphatic carbocycles. The number of hydrogen-bond donors (Lipinski definition) is 1. The highest BCUT2D eigenvalue weighted by Gasteiger charge is 2.16. The zero-order chi connectivity index (χ0) is 19.2. The first-order valence-electron chi connectivity index (χ1n) is 9.39. The number of aliphatic hydroxyl groups excluding tert-OH is 1.